The predicted octanol–water partition coefficient (Wildman–Crippen LogP) is 3.93. The third-order valence-electron chi connectivity index (χ3n) is 2.90. The lowest BCUT2D eigenvalue weighted by Crippen LogP contribution is -2.01. The van der Waals surface area contributed by atoms with Crippen LogP contribution in [0.15, 0.2) is 0 Å². The number of alkyl halides is 1. The summed E-state index contributed by atoms with van der Waals surface area (Å²) >= 11 is 5.81. The minimum Gasteiger partial charge on any atom is -0.299 e. The van der Waals surface area contributed by atoms with Crippen LogP contribution in [0.2, 0.25) is 0 Å². The van der Waals surface area contributed by atoms with Gasteiger partial charge in [-0.1, -0.05) is 39.0 Å². The fourth-order valence-corrected chi connectivity index (χ4v) is 2.09. The van der Waals surface area contributed by atoms with Crippen molar-refractivity contribution in [3.8, 4) is 0 Å². The van der Waals surface area contributed by atoms with E-state index in [1.807, 2.05) is 0 Å². The van der Waals surface area contributed by atoms with Gasteiger partial charge < -0.3 is 0 Å². The molecule has 1 nitrogen and oxygen atoms in total. The maximum atomic E-state index is 11.4. The van der Waals surface area contributed by atoms with E-state index < -0.39 is 0 Å². The van der Waals surface area contributed by atoms with Crippen molar-refractivity contribution in [2.75, 3.05) is 0 Å². The van der Waals surface area contributed by atoms with Gasteiger partial charge >= 0.3 is 0 Å². The highest BCUT2D eigenvalue weighted by molar-refractivity contribution is 6.24. The first-order chi connectivity index (χ1) is 6.75. The molecule has 14 heavy (non-hydrogen) atoms. The summed E-state index contributed by atoms with van der Waals surface area (Å²) in [5.41, 5.74) is 0. The standard InChI is InChI=1S/C12H21ClO/c1-2-3-4-5-6-7-8-12(14)10-9-11(10)13/h10-11H,2-9H2,1H3/t10-,11-/m1/s1. The Morgan fingerprint density at radius 2 is 1.79 bits per heavy atom. The molecule has 1 rings (SSSR count). The quantitative estimate of drug-likeness (QED) is 0.444. The Kier molecular flexibility index (Phi) is 5.54. The first kappa shape index (κ1) is 12.0. The van der Waals surface area contributed by atoms with Gasteiger partial charge in [0.1, 0.15) is 5.78 Å². The average Bonchev–Trinajstić information content (AvgIpc) is 2.88. The molecule has 0 saturated heterocycles. The van der Waals surface area contributed by atoms with Crippen LogP contribution in [0.25, 0.3) is 0 Å². The van der Waals surface area contributed by atoms with Crippen molar-refractivity contribution in [1.29, 1.82) is 0 Å². The van der Waals surface area contributed by atoms with Crippen molar-refractivity contribution in [2.24, 2.45) is 5.92 Å². The van der Waals surface area contributed by atoms with Crippen molar-refractivity contribution in [1.82, 2.24) is 0 Å². The molecule has 1 fully saturated rings. The van der Waals surface area contributed by atoms with E-state index in [0.29, 0.717) is 5.78 Å². The third-order valence-corrected chi connectivity index (χ3v) is 3.39. The first-order valence-corrected chi connectivity index (χ1v) is 6.36. The summed E-state index contributed by atoms with van der Waals surface area (Å²) in [6.07, 6.45) is 9.21. The van der Waals surface area contributed by atoms with Crippen LogP contribution >= 0.6 is 11.6 Å². The predicted molar refractivity (Wildman–Crippen MR) is 60.7 cm³/mol. The average molecular weight is 217 g/mol. The number of Topliss-reactive ketones (excluding diaryl/α,β-unsaturated/α-hetero) is 1. The smallest absolute Gasteiger partial charge is 0.137 e. The molecule has 0 aromatic heterocycles. The van der Waals surface area contributed by atoms with Crippen LogP contribution in [-0.2, 0) is 4.79 Å². The topological polar surface area (TPSA) is 17.1 Å². The van der Waals surface area contributed by atoms with Crippen LogP contribution in [0.4, 0.5) is 0 Å². The number of ketones is 1. The highest BCUT2D eigenvalue weighted by Gasteiger charge is 2.40. The van der Waals surface area contributed by atoms with Crippen molar-refractivity contribution >= 4 is 17.4 Å². The summed E-state index contributed by atoms with van der Waals surface area (Å²) in [4.78, 5) is 11.4. The minimum atomic E-state index is 0.169. The molecule has 0 aromatic carbocycles. The van der Waals surface area contributed by atoms with Gasteiger partial charge in [0.25, 0.3) is 0 Å². The van der Waals surface area contributed by atoms with E-state index in [2.05, 4.69) is 6.92 Å². The zero-order valence-electron chi connectivity index (χ0n) is 9.10. The van der Waals surface area contributed by atoms with Gasteiger partial charge in [-0.15, -0.1) is 11.6 Å². The Balaban J connectivity index is 1.86. The van der Waals surface area contributed by atoms with Crippen molar-refractivity contribution in [2.45, 2.75) is 63.7 Å². The van der Waals surface area contributed by atoms with E-state index in [0.717, 1.165) is 19.3 Å². The number of hydrogen-bond donors (Lipinski definition) is 0. The number of hydrogen-bond acceptors (Lipinski definition) is 1. The third kappa shape index (κ3) is 4.45. The van der Waals surface area contributed by atoms with Crippen LogP contribution in [0.1, 0.15) is 58.3 Å². The highest BCUT2D eigenvalue weighted by Crippen LogP contribution is 2.37. The molecule has 2 heteroatoms. The van der Waals surface area contributed by atoms with E-state index in [-0.39, 0.29) is 11.3 Å². The molecule has 0 bridgehead atoms. The van der Waals surface area contributed by atoms with Gasteiger partial charge in [-0.25, -0.2) is 0 Å². The van der Waals surface area contributed by atoms with Crippen LogP contribution < -0.4 is 0 Å². The van der Waals surface area contributed by atoms with Crippen LogP contribution in [-0.4, -0.2) is 11.2 Å². The SMILES string of the molecule is CCCCCCCCC(=O)[C@@H]1C[C@H]1Cl. The van der Waals surface area contributed by atoms with Crippen LogP contribution in [0.5, 0.6) is 0 Å². The van der Waals surface area contributed by atoms with Crippen LogP contribution in [0, 0.1) is 5.92 Å². The molecule has 0 spiro atoms. The van der Waals surface area contributed by atoms with Gasteiger partial charge in [-0.05, 0) is 12.8 Å². The van der Waals surface area contributed by atoms with E-state index >= 15 is 0 Å². The van der Waals surface area contributed by atoms with Gasteiger partial charge in [0.15, 0.2) is 0 Å². The second-order valence-electron chi connectivity index (χ2n) is 4.34. The Bertz CT molecular complexity index is 179. The van der Waals surface area contributed by atoms with E-state index in [4.69, 9.17) is 11.6 Å². The molecule has 1 aliphatic rings. The maximum Gasteiger partial charge on any atom is 0.137 e. The van der Waals surface area contributed by atoms with Gasteiger partial charge in [-0.2, -0.15) is 0 Å². The molecule has 0 aromatic rings. The number of halogens is 1. The Morgan fingerprint density at radius 3 is 2.36 bits per heavy atom. The molecule has 1 saturated carbocycles. The summed E-state index contributed by atoms with van der Waals surface area (Å²) in [7, 11) is 0. The molecule has 0 heterocycles. The van der Waals surface area contributed by atoms with Crippen molar-refractivity contribution in [3.05, 3.63) is 0 Å². The summed E-state index contributed by atoms with van der Waals surface area (Å²) in [5, 5.41) is 0.169. The van der Waals surface area contributed by atoms with E-state index in [1.54, 1.807) is 0 Å². The fraction of sp³-hybridized carbons (Fsp3) is 0.917. The minimum absolute atomic E-state index is 0.169. The zero-order chi connectivity index (χ0) is 10.4. The van der Waals surface area contributed by atoms with Gasteiger partial charge in [0, 0.05) is 17.7 Å². The molecule has 0 radical (unpaired) electrons. The van der Waals surface area contributed by atoms with Gasteiger partial charge in [-0.3, -0.25) is 4.79 Å². The molecular weight excluding hydrogens is 196 g/mol. The van der Waals surface area contributed by atoms with E-state index in [1.165, 1.54) is 32.1 Å². The molecule has 0 amide bonds. The molecule has 1 aliphatic carbocycles. The Labute approximate surface area is 92.2 Å². The molecule has 2 atom stereocenters. The first-order valence-electron chi connectivity index (χ1n) is 5.92. The lowest BCUT2D eigenvalue weighted by molar-refractivity contribution is -0.120. The lowest BCUT2D eigenvalue weighted by atomic mass is 10.1. The second-order valence-corrected chi connectivity index (χ2v) is 4.90. The number of carbonyl (C=O) groups excluding carboxylic acids is 1. The second kappa shape index (κ2) is 6.44. The normalized spacial score (nSPS) is 25.0. The van der Waals surface area contributed by atoms with Gasteiger partial charge in [0.2, 0.25) is 0 Å². The zero-order valence-corrected chi connectivity index (χ0v) is 9.85. The highest BCUT2D eigenvalue weighted by atomic mass is 35.5. The molecule has 0 N–H and O–H groups in total. The largest absolute Gasteiger partial charge is 0.299 e. The Hall–Kier alpha value is -0.0400. The summed E-state index contributed by atoms with van der Waals surface area (Å²) in [5.74, 6) is 0.618. The number of unbranched alkanes of at least 4 members (excludes halogenated alkanes) is 5. The molecule has 0 unspecified atom stereocenters. The lowest BCUT2D eigenvalue weighted by Gasteiger charge is -1.99. The molecule has 0 aliphatic heterocycles. The Morgan fingerprint density at radius 1 is 1.21 bits per heavy atom. The summed E-state index contributed by atoms with van der Waals surface area (Å²) < 4.78 is 0. The maximum absolute atomic E-state index is 11.4. The molecular formula is C12H21ClO. The van der Waals surface area contributed by atoms with Crippen molar-refractivity contribution in [3.63, 3.8) is 0 Å². The van der Waals surface area contributed by atoms with E-state index in [9.17, 15) is 4.79 Å². The fourth-order valence-electron chi connectivity index (χ4n) is 1.76. The summed E-state index contributed by atoms with van der Waals surface area (Å²) in [6.45, 7) is 2.22. The molecule has 82 valence electrons. The number of rotatable bonds is 8. The summed E-state index contributed by atoms with van der Waals surface area (Å²) in [6, 6.07) is 0. The monoisotopic (exact) mass is 216 g/mol. The van der Waals surface area contributed by atoms with Crippen LogP contribution in [0.3, 0.4) is 0 Å². The number of carbonyl (C=O) groups is 1. The van der Waals surface area contributed by atoms with Gasteiger partial charge in [0.05, 0.1) is 0 Å². The van der Waals surface area contributed by atoms with Crippen molar-refractivity contribution < 1.29 is 4.79 Å².